The Kier molecular flexibility index (Phi) is 2.74. The lowest BCUT2D eigenvalue weighted by atomic mass is 10.1. The summed E-state index contributed by atoms with van der Waals surface area (Å²) in [6, 6.07) is 4.11. The first-order valence-electron chi connectivity index (χ1n) is 5.62. The molecular weight excluding hydrogens is 270 g/mol. The van der Waals surface area contributed by atoms with Crippen LogP contribution in [0.1, 0.15) is 10.4 Å². The van der Waals surface area contributed by atoms with Crippen molar-refractivity contribution >= 4 is 27.8 Å². The highest BCUT2D eigenvalue weighted by Crippen LogP contribution is 2.37. The quantitative estimate of drug-likeness (QED) is 0.798. The number of rotatable bonds is 3. The van der Waals surface area contributed by atoms with E-state index in [-0.39, 0.29) is 16.9 Å². The van der Waals surface area contributed by atoms with Crippen LogP contribution in [0.2, 0.25) is 0 Å². The normalized spacial score (nSPS) is 11.3. The fourth-order valence-corrected chi connectivity index (χ4v) is 2.09. The van der Waals surface area contributed by atoms with Gasteiger partial charge in [-0.05, 0) is 18.2 Å². The monoisotopic (exact) mass is 278 g/mol. The van der Waals surface area contributed by atoms with Gasteiger partial charge in [0.2, 0.25) is 5.91 Å². The summed E-state index contributed by atoms with van der Waals surface area (Å²) in [5.74, 6) is -0.846. The third kappa shape index (κ3) is 1.83. The van der Waals surface area contributed by atoms with Crippen molar-refractivity contribution in [1.82, 2.24) is 4.98 Å². The summed E-state index contributed by atoms with van der Waals surface area (Å²) in [6.07, 6.45) is 2.96. The molecule has 0 saturated heterocycles. The Balaban J connectivity index is 2.41. The van der Waals surface area contributed by atoms with E-state index in [1.54, 1.807) is 6.07 Å². The number of pyridine rings is 1. The molecule has 1 aromatic carbocycles. The fourth-order valence-electron chi connectivity index (χ4n) is 2.09. The zero-order valence-electron chi connectivity index (χ0n) is 9.97. The lowest BCUT2D eigenvalue weighted by Crippen LogP contribution is -2.11. The number of carbonyl (C=O) groups excluding carboxylic acids is 1. The number of furan rings is 1. The van der Waals surface area contributed by atoms with Crippen molar-refractivity contribution < 1.29 is 22.7 Å². The van der Waals surface area contributed by atoms with E-state index in [2.05, 4.69) is 9.72 Å². The third-order valence-corrected chi connectivity index (χ3v) is 2.87. The number of ether oxygens (including phenoxy) is 1. The van der Waals surface area contributed by atoms with Gasteiger partial charge in [0.15, 0.2) is 11.3 Å². The average Bonchev–Trinajstić information content (AvgIpc) is 2.78. The van der Waals surface area contributed by atoms with Crippen LogP contribution in [-0.4, -0.2) is 17.5 Å². The van der Waals surface area contributed by atoms with E-state index in [1.165, 1.54) is 24.5 Å². The molecule has 7 heteroatoms. The van der Waals surface area contributed by atoms with Crippen molar-refractivity contribution in [3.63, 3.8) is 0 Å². The van der Waals surface area contributed by atoms with Crippen molar-refractivity contribution in [1.29, 1.82) is 0 Å². The molecule has 2 aromatic heterocycles. The molecule has 1 amide bonds. The molecule has 0 unspecified atom stereocenters. The fraction of sp³-hybridized carbons (Fsp3) is 0.0769. The molecule has 5 nitrogen and oxygen atoms in total. The SMILES string of the molecule is NC(=O)c1ccc(OC(F)F)c2oc3ccncc3c12. The minimum absolute atomic E-state index is 0.0459. The van der Waals surface area contributed by atoms with E-state index in [4.69, 9.17) is 10.2 Å². The van der Waals surface area contributed by atoms with Crippen LogP contribution in [0.15, 0.2) is 35.0 Å². The van der Waals surface area contributed by atoms with Crippen LogP contribution in [-0.2, 0) is 0 Å². The number of halogens is 2. The third-order valence-electron chi connectivity index (χ3n) is 2.87. The predicted molar refractivity (Wildman–Crippen MR) is 66.7 cm³/mol. The second kappa shape index (κ2) is 4.44. The number of alkyl halides is 2. The molecule has 0 bridgehead atoms. The molecule has 0 aliphatic rings. The van der Waals surface area contributed by atoms with Crippen LogP contribution in [0.25, 0.3) is 21.9 Å². The number of benzene rings is 1. The van der Waals surface area contributed by atoms with E-state index in [1.807, 2.05) is 0 Å². The molecule has 0 atom stereocenters. The molecular formula is C13H8F2N2O3. The topological polar surface area (TPSA) is 78.4 Å². The molecule has 0 saturated carbocycles. The summed E-state index contributed by atoms with van der Waals surface area (Å²) < 4.78 is 34.7. The van der Waals surface area contributed by atoms with Crippen LogP contribution < -0.4 is 10.5 Å². The van der Waals surface area contributed by atoms with Crippen molar-refractivity contribution in [3.8, 4) is 5.75 Å². The summed E-state index contributed by atoms with van der Waals surface area (Å²) in [7, 11) is 0. The van der Waals surface area contributed by atoms with Gasteiger partial charge in [0.05, 0.1) is 5.56 Å². The molecule has 0 aliphatic carbocycles. The molecule has 2 heterocycles. The van der Waals surface area contributed by atoms with Crippen LogP contribution in [0.3, 0.4) is 0 Å². The average molecular weight is 278 g/mol. The lowest BCUT2D eigenvalue weighted by molar-refractivity contribution is -0.0493. The van der Waals surface area contributed by atoms with E-state index in [0.717, 1.165) is 0 Å². The van der Waals surface area contributed by atoms with Gasteiger partial charge in [0, 0.05) is 23.2 Å². The zero-order chi connectivity index (χ0) is 14.3. The maximum atomic E-state index is 12.4. The molecule has 0 spiro atoms. The molecule has 0 fully saturated rings. The van der Waals surface area contributed by atoms with E-state index in [9.17, 15) is 13.6 Å². The lowest BCUT2D eigenvalue weighted by Gasteiger charge is -2.06. The summed E-state index contributed by atoms with van der Waals surface area (Å²) >= 11 is 0. The molecule has 102 valence electrons. The van der Waals surface area contributed by atoms with E-state index < -0.39 is 12.5 Å². The molecule has 3 rings (SSSR count). The first-order chi connectivity index (χ1) is 9.58. The van der Waals surface area contributed by atoms with Crippen LogP contribution in [0.4, 0.5) is 8.78 Å². The maximum Gasteiger partial charge on any atom is 0.387 e. The van der Waals surface area contributed by atoms with Gasteiger partial charge in [-0.2, -0.15) is 8.78 Å². The van der Waals surface area contributed by atoms with Gasteiger partial charge in [-0.25, -0.2) is 0 Å². The van der Waals surface area contributed by atoms with Crippen molar-refractivity contribution in [2.45, 2.75) is 6.61 Å². The summed E-state index contributed by atoms with van der Waals surface area (Å²) in [4.78, 5) is 15.4. The number of carbonyl (C=O) groups is 1. The maximum absolute atomic E-state index is 12.4. The molecule has 0 radical (unpaired) electrons. The zero-order valence-corrected chi connectivity index (χ0v) is 9.97. The van der Waals surface area contributed by atoms with Crippen LogP contribution in [0.5, 0.6) is 5.75 Å². The summed E-state index contributed by atoms with van der Waals surface area (Å²) in [6.45, 7) is -3.00. The van der Waals surface area contributed by atoms with Gasteiger partial charge in [0.1, 0.15) is 5.58 Å². The Morgan fingerprint density at radius 2 is 2.15 bits per heavy atom. The Labute approximate surface area is 110 Å². The number of amides is 1. The largest absolute Gasteiger partial charge is 0.452 e. The molecule has 20 heavy (non-hydrogen) atoms. The van der Waals surface area contributed by atoms with E-state index in [0.29, 0.717) is 16.4 Å². The van der Waals surface area contributed by atoms with Gasteiger partial charge in [0.25, 0.3) is 0 Å². The highest BCUT2D eigenvalue weighted by atomic mass is 19.3. The number of nitrogens with zero attached hydrogens (tertiary/aromatic N) is 1. The second-order valence-electron chi connectivity index (χ2n) is 4.03. The Hall–Kier alpha value is -2.70. The number of hydrogen-bond donors (Lipinski definition) is 1. The first kappa shape index (κ1) is 12.3. The smallest absolute Gasteiger partial charge is 0.387 e. The van der Waals surface area contributed by atoms with Crippen molar-refractivity contribution in [2.24, 2.45) is 5.73 Å². The van der Waals surface area contributed by atoms with Crippen LogP contribution in [0, 0.1) is 0 Å². The summed E-state index contributed by atoms with van der Waals surface area (Å²) in [5, 5.41) is 0.828. The number of primary amides is 1. The Morgan fingerprint density at radius 3 is 2.85 bits per heavy atom. The second-order valence-corrected chi connectivity index (χ2v) is 4.03. The Morgan fingerprint density at radius 1 is 1.35 bits per heavy atom. The van der Waals surface area contributed by atoms with Gasteiger partial charge >= 0.3 is 6.61 Å². The number of fused-ring (bicyclic) bond motifs is 3. The van der Waals surface area contributed by atoms with Crippen molar-refractivity contribution in [2.75, 3.05) is 0 Å². The van der Waals surface area contributed by atoms with Crippen molar-refractivity contribution in [3.05, 3.63) is 36.2 Å². The molecule has 2 N–H and O–H groups in total. The standard InChI is InChI=1S/C13H8F2N2O3/c14-13(15)20-9-2-1-6(12(16)18)10-7-5-17-4-3-8(7)19-11(9)10/h1-5,13H,(H2,16,18). The minimum atomic E-state index is -3.00. The van der Waals surface area contributed by atoms with Crippen LogP contribution >= 0.6 is 0 Å². The predicted octanol–water partition coefficient (Wildman–Crippen LogP) is 2.68. The minimum Gasteiger partial charge on any atom is -0.452 e. The molecule has 0 aliphatic heterocycles. The highest BCUT2D eigenvalue weighted by Gasteiger charge is 2.20. The van der Waals surface area contributed by atoms with Gasteiger partial charge in [-0.15, -0.1) is 0 Å². The van der Waals surface area contributed by atoms with Gasteiger partial charge in [-0.3, -0.25) is 9.78 Å². The summed E-state index contributed by atoms with van der Waals surface area (Å²) in [5.41, 5.74) is 5.90. The Bertz CT molecular complexity index is 814. The highest BCUT2D eigenvalue weighted by molar-refractivity contribution is 6.17. The number of hydrogen-bond acceptors (Lipinski definition) is 4. The first-order valence-corrected chi connectivity index (χ1v) is 5.62. The number of nitrogens with two attached hydrogens (primary N) is 1. The van der Waals surface area contributed by atoms with Gasteiger partial charge < -0.3 is 14.9 Å². The number of aromatic nitrogens is 1. The van der Waals surface area contributed by atoms with E-state index >= 15 is 0 Å². The molecule has 3 aromatic rings. The van der Waals surface area contributed by atoms with Gasteiger partial charge in [-0.1, -0.05) is 0 Å².